The van der Waals surface area contributed by atoms with E-state index in [4.69, 9.17) is 9.73 Å². The average Bonchev–Trinajstić information content (AvgIpc) is 2.87. The number of carbonyl (C=O) groups excluding carboxylic acids is 1. The van der Waals surface area contributed by atoms with Crippen LogP contribution in [0, 0.1) is 0 Å². The molecule has 1 aliphatic rings. The van der Waals surface area contributed by atoms with Crippen LogP contribution < -0.4 is 4.74 Å². The molecule has 3 heteroatoms. The third kappa shape index (κ3) is 3.13. The van der Waals surface area contributed by atoms with Crippen LogP contribution in [0.15, 0.2) is 102 Å². The van der Waals surface area contributed by atoms with Crippen molar-refractivity contribution in [3.05, 3.63) is 108 Å². The minimum absolute atomic E-state index is 0.0567. The van der Waals surface area contributed by atoms with E-state index in [1.54, 1.807) is 7.11 Å². The third-order valence-corrected chi connectivity index (χ3v) is 6.39. The van der Waals surface area contributed by atoms with Gasteiger partial charge in [-0.15, -0.1) is 0 Å². The monoisotopic (exact) mass is 427 g/mol. The number of ketones is 1. The lowest BCUT2D eigenvalue weighted by Crippen LogP contribution is -2.22. The smallest absolute Gasteiger partial charge is 0.186 e. The number of carbonyl (C=O) groups is 1. The van der Waals surface area contributed by atoms with Crippen LogP contribution in [-0.4, -0.2) is 18.6 Å². The highest BCUT2D eigenvalue weighted by Gasteiger charge is 2.26. The van der Waals surface area contributed by atoms with Crippen LogP contribution in [0.3, 0.4) is 0 Å². The fourth-order valence-corrected chi connectivity index (χ4v) is 4.86. The number of nitrogens with zero attached hydrogens (tertiary/aromatic N) is 1. The van der Waals surface area contributed by atoms with E-state index < -0.39 is 0 Å². The molecule has 6 rings (SSSR count). The predicted molar refractivity (Wildman–Crippen MR) is 135 cm³/mol. The molecular formula is C30H21NO2. The maximum Gasteiger partial charge on any atom is 0.186 e. The summed E-state index contributed by atoms with van der Waals surface area (Å²) in [6, 6.07) is 32.7. The highest BCUT2D eigenvalue weighted by Crippen LogP contribution is 2.41. The van der Waals surface area contributed by atoms with Gasteiger partial charge in [0.2, 0.25) is 0 Å². The maximum atomic E-state index is 13.3. The zero-order valence-corrected chi connectivity index (χ0v) is 18.2. The van der Waals surface area contributed by atoms with E-state index >= 15 is 0 Å². The van der Waals surface area contributed by atoms with Crippen molar-refractivity contribution in [3.8, 4) is 16.9 Å². The molecule has 0 N–H and O–H groups in total. The summed E-state index contributed by atoms with van der Waals surface area (Å²) in [6.45, 7) is 0. The summed E-state index contributed by atoms with van der Waals surface area (Å²) < 4.78 is 5.37. The molecule has 0 spiro atoms. The van der Waals surface area contributed by atoms with E-state index in [9.17, 15) is 4.79 Å². The molecular weight excluding hydrogens is 406 g/mol. The molecule has 0 fully saturated rings. The Balaban J connectivity index is 1.72. The molecule has 5 aromatic rings. The summed E-state index contributed by atoms with van der Waals surface area (Å²) in [5.74, 6) is 0.881. The van der Waals surface area contributed by atoms with Crippen LogP contribution in [0.25, 0.3) is 32.7 Å². The fraction of sp³-hybridized carbons (Fsp3) is 0.0667. The largest absolute Gasteiger partial charge is 0.497 e. The van der Waals surface area contributed by atoms with Crippen molar-refractivity contribution in [2.24, 2.45) is 4.99 Å². The topological polar surface area (TPSA) is 38.7 Å². The van der Waals surface area contributed by atoms with Gasteiger partial charge in [-0.05, 0) is 56.4 Å². The number of Topliss-reactive ketones (excluding diaryl/α,β-unsaturated/α-hetero) is 1. The van der Waals surface area contributed by atoms with Crippen LogP contribution in [-0.2, 0) is 11.2 Å². The SMILES string of the molecule is COc1ccc(-c2c3ccccc3c(C3=Nc4ccccc4CC3=O)c3ccccc23)cc1. The van der Waals surface area contributed by atoms with Crippen molar-refractivity contribution in [1.82, 2.24) is 0 Å². The molecule has 0 bridgehead atoms. The summed E-state index contributed by atoms with van der Waals surface area (Å²) >= 11 is 0. The Hall–Kier alpha value is -4.24. The van der Waals surface area contributed by atoms with Gasteiger partial charge in [-0.1, -0.05) is 78.9 Å². The fourth-order valence-electron chi connectivity index (χ4n) is 4.86. The second-order valence-electron chi connectivity index (χ2n) is 8.26. The summed E-state index contributed by atoms with van der Waals surface area (Å²) in [4.78, 5) is 18.2. The van der Waals surface area contributed by atoms with Crippen molar-refractivity contribution in [3.63, 3.8) is 0 Å². The van der Waals surface area contributed by atoms with E-state index in [2.05, 4.69) is 36.4 Å². The van der Waals surface area contributed by atoms with Gasteiger partial charge in [0.1, 0.15) is 11.5 Å². The number of para-hydroxylation sites is 1. The van der Waals surface area contributed by atoms with Crippen LogP contribution >= 0.6 is 0 Å². The molecule has 3 nitrogen and oxygen atoms in total. The first-order valence-corrected chi connectivity index (χ1v) is 11.0. The van der Waals surface area contributed by atoms with E-state index in [1.807, 2.05) is 60.7 Å². The van der Waals surface area contributed by atoms with Gasteiger partial charge in [0.25, 0.3) is 0 Å². The molecule has 1 aliphatic heterocycles. The highest BCUT2D eigenvalue weighted by atomic mass is 16.5. The number of rotatable bonds is 3. The van der Waals surface area contributed by atoms with Gasteiger partial charge in [0.15, 0.2) is 5.78 Å². The Morgan fingerprint density at radius 2 is 1.21 bits per heavy atom. The average molecular weight is 428 g/mol. The molecule has 33 heavy (non-hydrogen) atoms. The lowest BCUT2D eigenvalue weighted by molar-refractivity contribution is -0.112. The van der Waals surface area contributed by atoms with Crippen LogP contribution in [0.1, 0.15) is 11.1 Å². The van der Waals surface area contributed by atoms with E-state index in [-0.39, 0.29) is 5.78 Å². The predicted octanol–water partition coefficient (Wildman–Crippen LogP) is 6.91. The number of benzene rings is 5. The zero-order chi connectivity index (χ0) is 22.4. The first kappa shape index (κ1) is 19.4. The number of fused-ring (bicyclic) bond motifs is 3. The lowest BCUT2D eigenvalue weighted by atomic mass is 9.84. The molecule has 0 aliphatic carbocycles. The van der Waals surface area contributed by atoms with Gasteiger partial charge in [-0.3, -0.25) is 4.79 Å². The van der Waals surface area contributed by atoms with Gasteiger partial charge >= 0.3 is 0 Å². The molecule has 1 heterocycles. The minimum Gasteiger partial charge on any atom is -0.497 e. The number of hydrogen-bond acceptors (Lipinski definition) is 3. The quantitative estimate of drug-likeness (QED) is 0.293. The summed E-state index contributed by atoms with van der Waals surface area (Å²) in [7, 11) is 1.68. The first-order chi connectivity index (χ1) is 16.2. The van der Waals surface area contributed by atoms with Crippen LogP contribution in [0.5, 0.6) is 5.75 Å². The standard InChI is InChI=1S/C30H21NO2/c1-33-21-16-14-19(15-17-21)28-22-9-3-5-11-24(22)29(25-12-6-4-10-23(25)28)30-27(32)18-20-8-2-7-13-26(20)31-30/h2-17H,18H2,1H3. The maximum absolute atomic E-state index is 13.3. The zero-order valence-electron chi connectivity index (χ0n) is 18.2. The summed E-state index contributed by atoms with van der Waals surface area (Å²) in [6.07, 6.45) is 0.373. The lowest BCUT2D eigenvalue weighted by Gasteiger charge is -2.20. The van der Waals surface area contributed by atoms with E-state index in [1.165, 1.54) is 0 Å². The van der Waals surface area contributed by atoms with Gasteiger partial charge in [-0.25, -0.2) is 4.99 Å². The molecule has 0 radical (unpaired) electrons. The Morgan fingerprint density at radius 1 is 0.667 bits per heavy atom. The van der Waals surface area contributed by atoms with Crippen molar-refractivity contribution in [2.45, 2.75) is 6.42 Å². The van der Waals surface area contributed by atoms with Crippen LogP contribution in [0.2, 0.25) is 0 Å². The Bertz CT molecular complexity index is 1520. The van der Waals surface area contributed by atoms with E-state index in [0.29, 0.717) is 12.1 Å². The second-order valence-corrected chi connectivity index (χ2v) is 8.26. The van der Waals surface area contributed by atoms with Crippen molar-refractivity contribution in [1.29, 1.82) is 0 Å². The third-order valence-electron chi connectivity index (χ3n) is 6.39. The number of methoxy groups -OCH3 is 1. The van der Waals surface area contributed by atoms with Gasteiger partial charge in [0, 0.05) is 12.0 Å². The molecule has 0 saturated carbocycles. The van der Waals surface area contributed by atoms with Gasteiger partial charge < -0.3 is 4.74 Å². The van der Waals surface area contributed by atoms with Gasteiger partial charge in [0.05, 0.1) is 12.8 Å². The Labute approximate surface area is 192 Å². The number of ether oxygens (including phenoxy) is 1. The van der Waals surface area contributed by atoms with E-state index in [0.717, 1.165) is 55.2 Å². The molecule has 0 aromatic heterocycles. The minimum atomic E-state index is 0.0567. The molecule has 0 amide bonds. The van der Waals surface area contributed by atoms with Crippen molar-refractivity contribution >= 4 is 38.7 Å². The molecule has 0 atom stereocenters. The van der Waals surface area contributed by atoms with Crippen LogP contribution in [0.4, 0.5) is 5.69 Å². The van der Waals surface area contributed by atoms with Crippen molar-refractivity contribution in [2.75, 3.05) is 7.11 Å². The number of hydrogen-bond donors (Lipinski definition) is 0. The first-order valence-electron chi connectivity index (χ1n) is 11.0. The highest BCUT2D eigenvalue weighted by molar-refractivity contribution is 6.52. The summed E-state index contributed by atoms with van der Waals surface area (Å²) in [5, 5.41) is 4.28. The Morgan fingerprint density at radius 3 is 1.82 bits per heavy atom. The Kier molecular flexibility index (Phi) is 4.55. The summed E-state index contributed by atoms with van der Waals surface area (Å²) in [5.41, 5.74) is 5.57. The molecule has 5 aromatic carbocycles. The molecule has 0 saturated heterocycles. The normalized spacial score (nSPS) is 13.1. The second kappa shape index (κ2) is 7.72. The van der Waals surface area contributed by atoms with Crippen molar-refractivity contribution < 1.29 is 9.53 Å². The number of aliphatic imine (C=N–C) groups is 1. The molecule has 0 unspecified atom stereocenters. The van der Waals surface area contributed by atoms with Gasteiger partial charge in [-0.2, -0.15) is 0 Å². The molecule has 158 valence electrons.